The summed E-state index contributed by atoms with van der Waals surface area (Å²) >= 11 is 0. The van der Waals surface area contributed by atoms with E-state index >= 15 is 0 Å². The lowest BCUT2D eigenvalue weighted by Crippen LogP contribution is -2.73. The summed E-state index contributed by atoms with van der Waals surface area (Å²) in [6.07, 6.45) is -3.09. The second-order valence-electron chi connectivity index (χ2n) is 11.9. The van der Waals surface area contributed by atoms with E-state index in [0.29, 0.717) is 38.8 Å². The molecule has 0 saturated carbocycles. The van der Waals surface area contributed by atoms with Gasteiger partial charge in [0, 0.05) is 26.2 Å². The predicted molar refractivity (Wildman–Crippen MR) is 159 cm³/mol. The largest absolute Gasteiger partial charge is 0.573 e. The van der Waals surface area contributed by atoms with Crippen LogP contribution in [0, 0.1) is 0 Å². The first-order valence-corrected chi connectivity index (χ1v) is 16.7. The highest BCUT2D eigenvalue weighted by atomic mass is 32.2. The monoisotopic (exact) mass is 681 g/mol. The van der Waals surface area contributed by atoms with E-state index in [1.807, 2.05) is 0 Å². The maximum Gasteiger partial charge on any atom is 0.573 e. The van der Waals surface area contributed by atoms with Crippen molar-refractivity contribution < 1.29 is 50.2 Å². The first-order chi connectivity index (χ1) is 22.3. The van der Waals surface area contributed by atoms with Gasteiger partial charge in [0.1, 0.15) is 17.2 Å². The van der Waals surface area contributed by atoms with Crippen molar-refractivity contribution in [2.45, 2.75) is 48.4 Å². The van der Waals surface area contributed by atoms with Crippen molar-refractivity contribution >= 4 is 27.9 Å². The molecule has 0 aliphatic carbocycles. The van der Waals surface area contributed by atoms with Gasteiger partial charge in [0.05, 0.1) is 17.5 Å². The maximum atomic E-state index is 13.6. The maximum absolute atomic E-state index is 13.6. The van der Waals surface area contributed by atoms with E-state index in [-0.39, 0.29) is 49.8 Å². The standard InChI is InChI=1S/C30H34F3N5O8S/c31-30(32,33)46-23-7-5-22(6-8-23)45-21-3-1-20(2-4-21)29(25(39)35-27(41)36-26(29)40)37-15-11-28(12-16-37)19-38(17-18-44-28)47(42,43)24-9-13-34-14-10-24/h1-8,24,34H,9-19H2,(H2,35,36,39,40,41). The Morgan fingerprint density at radius 3 is 1.96 bits per heavy atom. The van der Waals surface area contributed by atoms with Gasteiger partial charge < -0.3 is 19.5 Å². The van der Waals surface area contributed by atoms with Crippen LogP contribution in [0.15, 0.2) is 48.5 Å². The van der Waals surface area contributed by atoms with E-state index in [0.717, 1.165) is 12.1 Å². The number of morpholine rings is 1. The molecule has 4 heterocycles. The Balaban J connectivity index is 1.19. The Morgan fingerprint density at radius 1 is 0.830 bits per heavy atom. The van der Waals surface area contributed by atoms with Gasteiger partial charge in [-0.05, 0) is 80.7 Å². The molecule has 4 fully saturated rings. The van der Waals surface area contributed by atoms with E-state index in [1.54, 1.807) is 4.90 Å². The molecule has 6 rings (SSSR count). The fraction of sp³-hybridized carbons (Fsp3) is 0.500. The Kier molecular flexibility index (Phi) is 8.94. The second-order valence-corrected chi connectivity index (χ2v) is 14.2. The van der Waals surface area contributed by atoms with Crippen molar-refractivity contribution in [2.75, 3.05) is 45.9 Å². The summed E-state index contributed by atoms with van der Waals surface area (Å²) in [5.41, 5.74) is -2.48. The number of ether oxygens (including phenoxy) is 3. The van der Waals surface area contributed by atoms with Crippen LogP contribution in [0.5, 0.6) is 17.2 Å². The second kappa shape index (κ2) is 12.7. The molecule has 4 saturated heterocycles. The number of piperidine rings is 2. The van der Waals surface area contributed by atoms with Crippen LogP contribution in [-0.4, -0.2) is 98.6 Å². The molecule has 4 aliphatic rings. The summed E-state index contributed by atoms with van der Waals surface area (Å²) in [7, 11) is -3.54. The van der Waals surface area contributed by atoms with Crippen LogP contribution in [0.4, 0.5) is 18.0 Å². The molecule has 2 aromatic rings. The number of barbiturate groups is 1. The summed E-state index contributed by atoms with van der Waals surface area (Å²) in [5, 5.41) is 7.15. The Bertz CT molecular complexity index is 1590. The van der Waals surface area contributed by atoms with Gasteiger partial charge in [0.25, 0.3) is 11.8 Å². The lowest BCUT2D eigenvalue weighted by molar-refractivity contribution is -0.274. The highest BCUT2D eigenvalue weighted by Crippen LogP contribution is 2.40. The SMILES string of the molecule is O=C1NC(=O)C(c2ccc(Oc3ccc(OC(F)(F)F)cc3)cc2)(N2CCC3(CC2)CN(S(=O)(=O)C2CCNCC2)CCO3)C(=O)N1. The molecule has 3 N–H and O–H groups in total. The molecule has 0 radical (unpaired) electrons. The zero-order chi connectivity index (χ0) is 33.5. The third-order valence-corrected chi connectivity index (χ3v) is 11.5. The van der Waals surface area contributed by atoms with Crippen molar-refractivity contribution in [2.24, 2.45) is 0 Å². The number of urea groups is 1. The summed E-state index contributed by atoms with van der Waals surface area (Å²) in [4.78, 5) is 40.9. The fourth-order valence-corrected chi connectivity index (χ4v) is 8.74. The van der Waals surface area contributed by atoms with Gasteiger partial charge in [-0.2, -0.15) is 4.31 Å². The van der Waals surface area contributed by atoms with Crippen LogP contribution in [-0.2, 0) is 29.9 Å². The van der Waals surface area contributed by atoms with Crippen molar-refractivity contribution in [1.82, 2.24) is 25.2 Å². The molecular formula is C30H34F3N5O8S. The van der Waals surface area contributed by atoms with Gasteiger partial charge in [0.2, 0.25) is 15.6 Å². The fourth-order valence-electron chi connectivity index (χ4n) is 6.75. The lowest BCUT2D eigenvalue weighted by atomic mass is 9.80. The first kappa shape index (κ1) is 33.1. The molecule has 4 aliphatic heterocycles. The third-order valence-electron chi connectivity index (χ3n) is 9.11. The van der Waals surface area contributed by atoms with Crippen LogP contribution in [0.3, 0.4) is 0 Å². The minimum atomic E-state index is -4.83. The van der Waals surface area contributed by atoms with Gasteiger partial charge in [-0.25, -0.2) is 13.2 Å². The molecule has 2 aromatic carbocycles. The molecule has 254 valence electrons. The minimum absolute atomic E-state index is 0.173. The molecule has 17 heteroatoms. The number of alkyl halides is 3. The van der Waals surface area contributed by atoms with Crippen LogP contribution in [0.25, 0.3) is 0 Å². The number of carbonyl (C=O) groups excluding carboxylic acids is 3. The molecule has 13 nitrogen and oxygen atoms in total. The topological polar surface area (TPSA) is 156 Å². The number of hydrogen-bond donors (Lipinski definition) is 3. The van der Waals surface area contributed by atoms with E-state index in [2.05, 4.69) is 20.7 Å². The van der Waals surface area contributed by atoms with E-state index in [1.165, 1.54) is 40.7 Å². The lowest BCUT2D eigenvalue weighted by Gasteiger charge is -2.51. The number of halogens is 3. The number of carbonyl (C=O) groups is 3. The Labute approximate surface area is 268 Å². The molecule has 0 bridgehead atoms. The van der Waals surface area contributed by atoms with Crippen LogP contribution < -0.4 is 25.4 Å². The quantitative estimate of drug-likeness (QED) is 0.371. The van der Waals surface area contributed by atoms with Crippen LogP contribution >= 0.6 is 0 Å². The van der Waals surface area contributed by atoms with Gasteiger partial charge in [-0.15, -0.1) is 13.2 Å². The zero-order valence-electron chi connectivity index (χ0n) is 25.2. The number of amides is 4. The normalized spacial score (nSPS) is 22.8. The molecule has 0 unspecified atom stereocenters. The average Bonchev–Trinajstić information content (AvgIpc) is 3.03. The summed E-state index contributed by atoms with van der Waals surface area (Å²) in [6, 6.07) is 9.82. The van der Waals surface area contributed by atoms with E-state index in [4.69, 9.17) is 9.47 Å². The number of imide groups is 2. The first-order valence-electron chi connectivity index (χ1n) is 15.2. The van der Waals surface area contributed by atoms with Crippen molar-refractivity contribution in [3.05, 3.63) is 54.1 Å². The Hall–Kier alpha value is -3.77. The summed E-state index contributed by atoms with van der Waals surface area (Å²) < 4.78 is 81.7. The molecule has 1 spiro atoms. The number of benzene rings is 2. The van der Waals surface area contributed by atoms with Crippen LogP contribution in [0.1, 0.15) is 31.2 Å². The van der Waals surface area contributed by atoms with Gasteiger partial charge in [0.15, 0.2) is 0 Å². The molecule has 47 heavy (non-hydrogen) atoms. The Morgan fingerprint density at radius 2 is 1.38 bits per heavy atom. The highest BCUT2D eigenvalue weighted by molar-refractivity contribution is 7.89. The van der Waals surface area contributed by atoms with E-state index in [9.17, 15) is 36.0 Å². The predicted octanol–water partition coefficient (Wildman–Crippen LogP) is 2.19. The summed E-state index contributed by atoms with van der Waals surface area (Å²) in [5.74, 6) is -1.61. The van der Waals surface area contributed by atoms with Crippen LogP contribution in [0.2, 0.25) is 0 Å². The third kappa shape index (κ3) is 6.67. The number of likely N-dealkylation sites (tertiary alicyclic amines) is 1. The average molecular weight is 682 g/mol. The highest BCUT2D eigenvalue weighted by Gasteiger charge is 2.58. The molecule has 0 atom stereocenters. The minimum Gasteiger partial charge on any atom is -0.457 e. The number of rotatable bonds is 7. The number of sulfonamides is 1. The van der Waals surface area contributed by atoms with Gasteiger partial charge in [-0.3, -0.25) is 25.1 Å². The number of hydrogen-bond acceptors (Lipinski definition) is 10. The molecule has 0 aromatic heterocycles. The summed E-state index contributed by atoms with van der Waals surface area (Å²) in [6.45, 7) is 2.31. The molecular weight excluding hydrogens is 647 g/mol. The van der Waals surface area contributed by atoms with Crippen molar-refractivity contribution in [3.8, 4) is 17.2 Å². The van der Waals surface area contributed by atoms with Crippen molar-refractivity contribution in [3.63, 3.8) is 0 Å². The van der Waals surface area contributed by atoms with Gasteiger partial charge in [-0.1, -0.05) is 12.1 Å². The van der Waals surface area contributed by atoms with Gasteiger partial charge >= 0.3 is 12.4 Å². The zero-order valence-corrected chi connectivity index (χ0v) is 26.0. The van der Waals surface area contributed by atoms with E-state index < -0.39 is 56.4 Å². The van der Waals surface area contributed by atoms with Crippen molar-refractivity contribution in [1.29, 1.82) is 0 Å². The smallest absolute Gasteiger partial charge is 0.457 e. The number of nitrogens with one attached hydrogen (secondary N) is 3. The number of nitrogens with zero attached hydrogens (tertiary/aromatic N) is 2. The molecule has 4 amide bonds.